The fourth-order valence-electron chi connectivity index (χ4n) is 3.10. The molecule has 0 saturated carbocycles. The maximum absolute atomic E-state index is 12.6. The molecule has 0 saturated heterocycles. The van der Waals surface area contributed by atoms with Gasteiger partial charge in [0.15, 0.2) is 12.5 Å². The predicted molar refractivity (Wildman–Crippen MR) is 121 cm³/mol. The smallest absolute Gasteiger partial charge is 0.272 e. The van der Waals surface area contributed by atoms with E-state index < -0.39 is 0 Å². The first kappa shape index (κ1) is 21.0. The van der Waals surface area contributed by atoms with Crippen LogP contribution in [0.5, 0.6) is 5.75 Å². The van der Waals surface area contributed by atoms with E-state index in [1.165, 1.54) is 4.68 Å². The average Bonchev–Trinajstić information content (AvgIpc) is 3.46. The number of ether oxygens (including phenoxy) is 1. The molecule has 0 spiro atoms. The number of rotatable bonds is 7. The minimum absolute atomic E-state index is 0.0765. The van der Waals surface area contributed by atoms with Crippen LogP contribution in [0.3, 0.4) is 0 Å². The number of nitrogens with zero attached hydrogens (tertiary/aromatic N) is 3. The summed E-state index contributed by atoms with van der Waals surface area (Å²) in [6, 6.07) is 18.6. The number of carbonyl (C=O) groups is 1. The summed E-state index contributed by atoms with van der Waals surface area (Å²) in [5.74, 6) is 0.112. The summed E-state index contributed by atoms with van der Waals surface area (Å²) < 4.78 is 9.17. The molecule has 1 unspecified atom stereocenters. The van der Waals surface area contributed by atoms with Crippen LogP contribution in [0.1, 0.15) is 29.0 Å². The van der Waals surface area contributed by atoms with Gasteiger partial charge in [0.25, 0.3) is 5.91 Å². The van der Waals surface area contributed by atoms with Crippen molar-refractivity contribution in [1.29, 1.82) is 0 Å². The van der Waals surface area contributed by atoms with Gasteiger partial charge in [-0.1, -0.05) is 41.4 Å². The van der Waals surface area contributed by atoms with Gasteiger partial charge in [-0.3, -0.25) is 4.79 Å². The van der Waals surface area contributed by atoms with Crippen molar-refractivity contribution in [3.63, 3.8) is 0 Å². The molecule has 2 aromatic carbocycles. The lowest BCUT2D eigenvalue weighted by atomic mass is 10.1. The van der Waals surface area contributed by atoms with E-state index in [1.54, 1.807) is 30.5 Å². The Morgan fingerprint density at radius 1 is 1.00 bits per heavy atom. The molecular weight excluding hydrogens is 435 g/mol. The van der Waals surface area contributed by atoms with Gasteiger partial charge in [0, 0.05) is 24.3 Å². The highest BCUT2D eigenvalue weighted by Gasteiger charge is 2.15. The third-order valence-corrected chi connectivity index (χ3v) is 5.37. The number of para-hydroxylation sites is 1. The fourth-order valence-corrected chi connectivity index (χ4v) is 3.61. The molecule has 4 rings (SSSR count). The van der Waals surface area contributed by atoms with Gasteiger partial charge >= 0.3 is 0 Å². The van der Waals surface area contributed by atoms with Crippen LogP contribution in [0.15, 0.2) is 79.3 Å². The number of halogens is 2. The van der Waals surface area contributed by atoms with Crippen molar-refractivity contribution < 1.29 is 9.53 Å². The summed E-state index contributed by atoms with van der Waals surface area (Å²) in [6.07, 6.45) is 5.64. The molecule has 2 aromatic heterocycles. The normalized spacial score (nSPS) is 11.8. The molecule has 0 fully saturated rings. The SMILES string of the molecule is CC(NC(=O)c1ccn(COc2c(Cl)cccc2Cl)n1)c1ccc(-n2cccc2)cc1. The summed E-state index contributed by atoms with van der Waals surface area (Å²) in [5.41, 5.74) is 2.36. The van der Waals surface area contributed by atoms with Crippen LogP contribution in [0.4, 0.5) is 0 Å². The van der Waals surface area contributed by atoms with Gasteiger partial charge in [-0.25, -0.2) is 4.68 Å². The minimum atomic E-state index is -0.267. The van der Waals surface area contributed by atoms with Crippen molar-refractivity contribution in [3.8, 4) is 11.4 Å². The van der Waals surface area contributed by atoms with Gasteiger partial charge in [-0.15, -0.1) is 0 Å². The minimum Gasteiger partial charge on any atom is -0.468 e. The topological polar surface area (TPSA) is 61.1 Å². The molecule has 0 aliphatic carbocycles. The number of amides is 1. The molecule has 158 valence electrons. The molecule has 0 radical (unpaired) electrons. The highest BCUT2D eigenvalue weighted by atomic mass is 35.5. The summed E-state index contributed by atoms with van der Waals surface area (Å²) >= 11 is 12.2. The number of hydrogen-bond donors (Lipinski definition) is 1. The van der Waals surface area contributed by atoms with E-state index in [-0.39, 0.29) is 18.7 Å². The largest absolute Gasteiger partial charge is 0.468 e. The average molecular weight is 455 g/mol. The Hall–Kier alpha value is -3.22. The van der Waals surface area contributed by atoms with Crippen LogP contribution < -0.4 is 10.1 Å². The lowest BCUT2D eigenvalue weighted by Crippen LogP contribution is -2.27. The van der Waals surface area contributed by atoms with Crippen LogP contribution in [0.2, 0.25) is 10.0 Å². The van der Waals surface area contributed by atoms with E-state index in [9.17, 15) is 4.79 Å². The molecule has 0 aliphatic heterocycles. The van der Waals surface area contributed by atoms with Crippen LogP contribution in [-0.4, -0.2) is 20.3 Å². The van der Waals surface area contributed by atoms with Gasteiger partial charge in [0.2, 0.25) is 0 Å². The van der Waals surface area contributed by atoms with Crippen molar-refractivity contribution in [3.05, 3.63) is 101 Å². The number of hydrogen-bond acceptors (Lipinski definition) is 3. The predicted octanol–water partition coefficient (Wildman–Crippen LogP) is 5.51. The van der Waals surface area contributed by atoms with Gasteiger partial charge < -0.3 is 14.6 Å². The molecule has 0 bridgehead atoms. The lowest BCUT2D eigenvalue weighted by Gasteiger charge is -2.14. The van der Waals surface area contributed by atoms with E-state index in [0.717, 1.165) is 11.3 Å². The van der Waals surface area contributed by atoms with Gasteiger partial charge in [0.1, 0.15) is 5.69 Å². The maximum atomic E-state index is 12.6. The molecule has 1 N–H and O–H groups in total. The molecule has 1 amide bonds. The Labute approximate surface area is 190 Å². The molecule has 0 aliphatic rings. The fraction of sp³-hybridized carbons (Fsp3) is 0.130. The molecule has 31 heavy (non-hydrogen) atoms. The second-order valence-electron chi connectivity index (χ2n) is 6.94. The Morgan fingerprint density at radius 2 is 1.68 bits per heavy atom. The number of benzene rings is 2. The summed E-state index contributed by atoms with van der Waals surface area (Å²) in [6.45, 7) is 2.01. The molecule has 2 heterocycles. The molecule has 6 nitrogen and oxygen atoms in total. The van der Waals surface area contributed by atoms with Gasteiger partial charge in [-0.2, -0.15) is 5.10 Å². The summed E-state index contributed by atoms with van der Waals surface area (Å²) in [4.78, 5) is 12.6. The zero-order chi connectivity index (χ0) is 21.8. The van der Waals surface area contributed by atoms with Crippen LogP contribution in [0, 0.1) is 0 Å². The molecule has 1 atom stereocenters. The van der Waals surface area contributed by atoms with Crippen molar-refractivity contribution in [2.75, 3.05) is 0 Å². The molecule has 8 heteroatoms. The van der Waals surface area contributed by atoms with Crippen LogP contribution in [0.25, 0.3) is 5.69 Å². The van der Waals surface area contributed by atoms with E-state index in [0.29, 0.717) is 21.5 Å². The third-order valence-electron chi connectivity index (χ3n) is 4.78. The molecular formula is C23H20Cl2N4O2. The third kappa shape index (κ3) is 4.93. The monoisotopic (exact) mass is 454 g/mol. The van der Waals surface area contributed by atoms with Crippen molar-refractivity contribution in [2.45, 2.75) is 19.7 Å². The van der Waals surface area contributed by atoms with Crippen LogP contribution in [-0.2, 0) is 6.73 Å². The second-order valence-corrected chi connectivity index (χ2v) is 7.76. The first-order chi connectivity index (χ1) is 15.0. The standard InChI is InChI=1S/C23H20Cl2N4O2/c1-16(17-7-9-18(10-8-17)28-12-2-3-13-28)26-23(30)21-11-14-29(27-21)15-31-22-19(24)5-4-6-20(22)25/h2-14,16H,15H2,1H3,(H,26,30). The van der Waals surface area contributed by atoms with Crippen LogP contribution >= 0.6 is 23.2 Å². The zero-order valence-electron chi connectivity index (χ0n) is 16.7. The Kier molecular flexibility index (Phi) is 6.30. The van der Waals surface area contributed by atoms with E-state index in [2.05, 4.69) is 10.4 Å². The van der Waals surface area contributed by atoms with Gasteiger partial charge in [0.05, 0.1) is 16.1 Å². The number of aromatic nitrogens is 3. The van der Waals surface area contributed by atoms with Crippen molar-refractivity contribution in [1.82, 2.24) is 19.7 Å². The maximum Gasteiger partial charge on any atom is 0.272 e. The second kappa shape index (κ2) is 9.29. The Bertz CT molecular complexity index is 1150. The molecule has 4 aromatic rings. The van der Waals surface area contributed by atoms with Crippen molar-refractivity contribution in [2.24, 2.45) is 0 Å². The first-order valence-corrected chi connectivity index (χ1v) is 10.4. The van der Waals surface area contributed by atoms with E-state index in [4.69, 9.17) is 27.9 Å². The Balaban J connectivity index is 1.36. The number of nitrogens with one attached hydrogen (secondary N) is 1. The highest BCUT2D eigenvalue weighted by Crippen LogP contribution is 2.32. The lowest BCUT2D eigenvalue weighted by molar-refractivity contribution is 0.0932. The summed E-state index contributed by atoms with van der Waals surface area (Å²) in [7, 11) is 0. The first-order valence-electron chi connectivity index (χ1n) is 9.66. The highest BCUT2D eigenvalue weighted by molar-refractivity contribution is 6.37. The summed E-state index contributed by atoms with van der Waals surface area (Å²) in [5, 5.41) is 8.06. The van der Waals surface area contributed by atoms with Crippen molar-refractivity contribution >= 4 is 29.1 Å². The zero-order valence-corrected chi connectivity index (χ0v) is 18.2. The number of carbonyl (C=O) groups excluding carboxylic acids is 1. The van der Waals surface area contributed by atoms with E-state index >= 15 is 0 Å². The van der Waals surface area contributed by atoms with Gasteiger partial charge in [-0.05, 0) is 55.0 Å². The quantitative estimate of drug-likeness (QED) is 0.400. The van der Waals surface area contributed by atoms with E-state index in [1.807, 2.05) is 60.3 Å². The Morgan fingerprint density at radius 3 is 2.35 bits per heavy atom.